The largest absolute Gasteiger partial charge is 0.494 e. The molecule has 1 aliphatic heterocycles. The normalized spacial score (nSPS) is 16.2. The lowest BCUT2D eigenvalue weighted by Crippen LogP contribution is -2.66. The predicted molar refractivity (Wildman–Crippen MR) is 214 cm³/mol. The van der Waals surface area contributed by atoms with E-state index >= 15 is 0 Å². The predicted octanol–water partition coefficient (Wildman–Crippen LogP) is 5.55. The Hall–Kier alpha value is -6.38. The Labute approximate surface area is 338 Å². The SMILES string of the molecule is CCOc1ccc(C[C@@H]2NC(=O)[C@H](CNC(=O)C(Cc3cn(C(=O)OC(C)(C)C)cn3)NC(=O)OC(C)(C)C)N(Cc3ccc(Oc4ccccc4)cc3)C2=O)cc1. The molecule has 0 radical (unpaired) electrons. The van der Waals surface area contributed by atoms with Crippen molar-refractivity contribution in [1.82, 2.24) is 30.4 Å². The zero-order valence-electron chi connectivity index (χ0n) is 33.9. The molecule has 2 heterocycles. The van der Waals surface area contributed by atoms with Gasteiger partial charge in [0.25, 0.3) is 0 Å². The molecule has 0 saturated carbocycles. The van der Waals surface area contributed by atoms with Gasteiger partial charge in [-0.2, -0.15) is 0 Å². The summed E-state index contributed by atoms with van der Waals surface area (Å²) in [5.74, 6) is 0.479. The molecule has 4 aromatic rings. The Morgan fingerprint density at radius 1 is 0.828 bits per heavy atom. The van der Waals surface area contributed by atoms with E-state index in [0.717, 1.165) is 15.7 Å². The number of carbonyl (C=O) groups is 5. The zero-order chi connectivity index (χ0) is 42.0. The van der Waals surface area contributed by atoms with Gasteiger partial charge in [0.05, 0.1) is 12.3 Å². The first kappa shape index (κ1) is 42.8. The number of imidazole rings is 1. The number of carbonyl (C=O) groups excluding carboxylic acids is 5. The Morgan fingerprint density at radius 3 is 2.09 bits per heavy atom. The van der Waals surface area contributed by atoms with Crippen molar-refractivity contribution in [2.75, 3.05) is 13.2 Å². The van der Waals surface area contributed by atoms with Gasteiger partial charge in [-0.05, 0) is 96.0 Å². The van der Waals surface area contributed by atoms with E-state index in [1.165, 1.54) is 17.4 Å². The van der Waals surface area contributed by atoms with Gasteiger partial charge >= 0.3 is 12.2 Å². The van der Waals surface area contributed by atoms with Crippen LogP contribution in [0.4, 0.5) is 9.59 Å². The number of nitrogens with zero attached hydrogens (tertiary/aromatic N) is 3. The number of nitrogens with one attached hydrogen (secondary N) is 3. The molecule has 1 unspecified atom stereocenters. The molecule has 3 N–H and O–H groups in total. The highest BCUT2D eigenvalue weighted by Crippen LogP contribution is 2.24. The molecule has 3 atom stereocenters. The summed E-state index contributed by atoms with van der Waals surface area (Å²) < 4.78 is 23.5. The number of benzene rings is 3. The van der Waals surface area contributed by atoms with Crippen molar-refractivity contribution in [3.05, 3.63) is 108 Å². The molecule has 1 fully saturated rings. The van der Waals surface area contributed by atoms with Crippen molar-refractivity contribution in [2.24, 2.45) is 0 Å². The van der Waals surface area contributed by atoms with Crippen LogP contribution in [0, 0.1) is 0 Å². The first-order valence-corrected chi connectivity index (χ1v) is 19.1. The maximum absolute atomic E-state index is 14.2. The second-order valence-electron chi connectivity index (χ2n) is 15.8. The van der Waals surface area contributed by atoms with Crippen LogP contribution < -0.4 is 25.4 Å². The fraction of sp³-hybridized carbons (Fsp3) is 0.395. The van der Waals surface area contributed by atoms with Crippen molar-refractivity contribution in [3.8, 4) is 17.2 Å². The van der Waals surface area contributed by atoms with E-state index in [0.29, 0.717) is 29.5 Å². The lowest BCUT2D eigenvalue weighted by atomic mass is 9.99. The maximum atomic E-state index is 14.2. The summed E-state index contributed by atoms with van der Waals surface area (Å²) in [5, 5.41) is 8.21. The average Bonchev–Trinajstić information content (AvgIpc) is 3.62. The van der Waals surface area contributed by atoms with Gasteiger partial charge < -0.3 is 39.8 Å². The summed E-state index contributed by atoms with van der Waals surface area (Å²) in [4.78, 5) is 73.2. The third-order valence-electron chi connectivity index (χ3n) is 8.64. The highest BCUT2D eigenvalue weighted by molar-refractivity contribution is 5.97. The third kappa shape index (κ3) is 12.6. The van der Waals surface area contributed by atoms with Gasteiger partial charge in [-0.25, -0.2) is 19.1 Å². The first-order valence-electron chi connectivity index (χ1n) is 19.1. The number of amides is 4. The maximum Gasteiger partial charge on any atom is 0.419 e. The number of hydrogen-bond acceptors (Lipinski definition) is 10. The molecule has 0 aliphatic carbocycles. The van der Waals surface area contributed by atoms with Crippen LogP contribution in [0.5, 0.6) is 17.2 Å². The monoisotopic (exact) mass is 796 g/mol. The summed E-state index contributed by atoms with van der Waals surface area (Å²) in [6.45, 7) is 12.4. The molecule has 1 aliphatic rings. The Balaban J connectivity index is 1.35. The number of hydrogen-bond donors (Lipinski definition) is 3. The van der Waals surface area contributed by atoms with Gasteiger partial charge in [0.1, 0.15) is 52.9 Å². The number of rotatable bonds is 14. The minimum atomic E-state index is -1.24. The van der Waals surface area contributed by atoms with Gasteiger partial charge in [-0.3, -0.25) is 14.4 Å². The average molecular weight is 797 g/mol. The van der Waals surface area contributed by atoms with Gasteiger partial charge in [0, 0.05) is 32.1 Å². The summed E-state index contributed by atoms with van der Waals surface area (Å²) >= 11 is 0. The van der Waals surface area contributed by atoms with E-state index in [4.69, 9.17) is 18.9 Å². The zero-order valence-corrected chi connectivity index (χ0v) is 33.9. The highest BCUT2D eigenvalue weighted by Gasteiger charge is 2.41. The number of aromatic nitrogens is 2. The molecule has 3 aromatic carbocycles. The van der Waals surface area contributed by atoms with Crippen LogP contribution in [0.15, 0.2) is 91.4 Å². The molecule has 15 nitrogen and oxygen atoms in total. The van der Waals surface area contributed by atoms with Crippen molar-refractivity contribution >= 4 is 29.9 Å². The highest BCUT2D eigenvalue weighted by atomic mass is 16.6. The summed E-state index contributed by atoms with van der Waals surface area (Å²) in [7, 11) is 0. The number of para-hydroxylation sites is 1. The van der Waals surface area contributed by atoms with Crippen LogP contribution in [0.3, 0.4) is 0 Å². The topological polar surface area (TPSA) is 179 Å². The van der Waals surface area contributed by atoms with Gasteiger partial charge in [-0.15, -0.1) is 0 Å². The second kappa shape index (κ2) is 18.7. The van der Waals surface area contributed by atoms with Crippen LogP contribution in [0.2, 0.25) is 0 Å². The third-order valence-corrected chi connectivity index (χ3v) is 8.64. The molecule has 0 bridgehead atoms. The minimum absolute atomic E-state index is 0.0554. The van der Waals surface area contributed by atoms with E-state index in [1.807, 2.05) is 73.7 Å². The Morgan fingerprint density at radius 2 is 1.45 bits per heavy atom. The van der Waals surface area contributed by atoms with E-state index in [1.54, 1.807) is 53.7 Å². The van der Waals surface area contributed by atoms with Crippen molar-refractivity contribution in [1.29, 1.82) is 0 Å². The van der Waals surface area contributed by atoms with E-state index < -0.39 is 53.3 Å². The quantitative estimate of drug-likeness (QED) is 0.147. The summed E-state index contributed by atoms with van der Waals surface area (Å²) in [6, 6.07) is 20.6. The van der Waals surface area contributed by atoms with Crippen LogP contribution in [-0.2, 0) is 43.2 Å². The lowest BCUT2D eigenvalue weighted by Gasteiger charge is -2.39. The Bertz CT molecular complexity index is 2040. The standard InChI is InChI=1S/C43H52N6O9/c1-8-55-31-18-14-28(15-19-31)22-35-39(52)49(25-29-16-20-33(21-17-29)56-32-12-10-9-11-13-32)36(38(51)46-35)24-44-37(50)34(47-40(53)57-42(2,3)4)23-30-26-48(27-45-30)41(54)58-43(5,6)7/h9-21,26-27,34-36H,8,22-25H2,1-7H3,(H,44,50)(H,46,51)(H,47,53)/t34?,35-,36-/m0/s1. The number of alkyl carbamates (subject to hydrolysis) is 1. The second-order valence-corrected chi connectivity index (χ2v) is 15.8. The van der Waals surface area contributed by atoms with E-state index in [-0.39, 0.29) is 31.8 Å². The molecule has 308 valence electrons. The molecule has 15 heteroatoms. The number of piperazine rings is 1. The lowest BCUT2D eigenvalue weighted by molar-refractivity contribution is -0.150. The molecule has 1 aromatic heterocycles. The van der Waals surface area contributed by atoms with Crippen molar-refractivity contribution in [3.63, 3.8) is 0 Å². The van der Waals surface area contributed by atoms with E-state index in [2.05, 4.69) is 20.9 Å². The molecular formula is C43H52N6O9. The van der Waals surface area contributed by atoms with E-state index in [9.17, 15) is 24.0 Å². The van der Waals surface area contributed by atoms with Gasteiger partial charge in [0.15, 0.2) is 0 Å². The molecular weight excluding hydrogens is 745 g/mol. The first-order chi connectivity index (χ1) is 27.5. The van der Waals surface area contributed by atoms with Crippen LogP contribution in [0.25, 0.3) is 0 Å². The molecule has 58 heavy (non-hydrogen) atoms. The smallest absolute Gasteiger partial charge is 0.419 e. The summed E-state index contributed by atoms with van der Waals surface area (Å²) in [5.41, 5.74) is 0.230. The molecule has 0 spiro atoms. The fourth-order valence-electron chi connectivity index (χ4n) is 6.03. The molecule has 5 rings (SSSR count). The van der Waals surface area contributed by atoms with Crippen molar-refractivity contribution in [2.45, 2.75) is 97.2 Å². The molecule has 1 saturated heterocycles. The van der Waals surface area contributed by atoms with Crippen LogP contribution >= 0.6 is 0 Å². The van der Waals surface area contributed by atoms with Gasteiger partial charge in [-0.1, -0.05) is 42.5 Å². The van der Waals surface area contributed by atoms with Crippen LogP contribution in [0.1, 0.15) is 65.3 Å². The molecule has 4 amide bonds. The van der Waals surface area contributed by atoms with Crippen molar-refractivity contribution < 1.29 is 42.9 Å². The van der Waals surface area contributed by atoms with Gasteiger partial charge in [0.2, 0.25) is 17.7 Å². The van der Waals surface area contributed by atoms with Crippen LogP contribution in [-0.4, -0.2) is 86.8 Å². The Kier molecular flexibility index (Phi) is 13.8. The fourth-order valence-corrected chi connectivity index (χ4v) is 6.03. The minimum Gasteiger partial charge on any atom is -0.494 e. The summed E-state index contributed by atoms with van der Waals surface area (Å²) in [6.07, 6.45) is 1.23. The number of ether oxygens (including phenoxy) is 4.